The molecule has 2 rings (SSSR count). The number of aromatic hydroxyl groups is 1. The van der Waals surface area contributed by atoms with Crippen LogP contribution in [0, 0.1) is 0 Å². The average molecular weight is 216 g/mol. The Kier molecular flexibility index (Phi) is 2.46. The van der Waals surface area contributed by atoms with E-state index in [0.717, 1.165) is 11.4 Å². The molecule has 0 aliphatic rings. The Balaban J connectivity index is 2.49. The predicted octanol–water partition coefficient (Wildman–Crippen LogP) is 2.88. The minimum absolute atomic E-state index is 0.0500. The lowest BCUT2D eigenvalue weighted by Gasteiger charge is -2.20. The molecule has 0 bridgehead atoms. The van der Waals surface area contributed by atoms with Gasteiger partial charge in [0.25, 0.3) is 0 Å². The molecule has 0 aliphatic carbocycles. The van der Waals surface area contributed by atoms with Gasteiger partial charge in [0.2, 0.25) is 0 Å². The molecular formula is C13H16N2O. The van der Waals surface area contributed by atoms with Crippen LogP contribution in [-0.2, 0) is 5.41 Å². The normalized spacial score (nSPS) is 11.7. The first kappa shape index (κ1) is 10.7. The van der Waals surface area contributed by atoms with Crippen LogP contribution in [0.4, 0.5) is 0 Å². The van der Waals surface area contributed by atoms with Crippen molar-refractivity contribution in [3.05, 3.63) is 42.2 Å². The molecule has 0 atom stereocenters. The second kappa shape index (κ2) is 3.67. The summed E-state index contributed by atoms with van der Waals surface area (Å²) in [6, 6.07) is 9.08. The van der Waals surface area contributed by atoms with E-state index in [1.807, 2.05) is 22.9 Å². The lowest BCUT2D eigenvalue weighted by Crippen LogP contribution is -2.17. The molecule has 1 heterocycles. The SMILES string of the molecule is CC(C)(C)c1ccnn1-c1ccc(O)cc1. The Morgan fingerprint density at radius 3 is 2.25 bits per heavy atom. The molecule has 16 heavy (non-hydrogen) atoms. The van der Waals surface area contributed by atoms with Crippen molar-refractivity contribution in [2.45, 2.75) is 26.2 Å². The van der Waals surface area contributed by atoms with Gasteiger partial charge < -0.3 is 5.11 Å². The summed E-state index contributed by atoms with van der Waals surface area (Å²) < 4.78 is 1.90. The highest BCUT2D eigenvalue weighted by Gasteiger charge is 2.19. The van der Waals surface area contributed by atoms with E-state index in [1.165, 1.54) is 0 Å². The van der Waals surface area contributed by atoms with Crippen LogP contribution in [-0.4, -0.2) is 14.9 Å². The maximum atomic E-state index is 9.25. The van der Waals surface area contributed by atoms with Crippen molar-refractivity contribution in [1.82, 2.24) is 9.78 Å². The Morgan fingerprint density at radius 1 is 1.06 bits per heavy atom. The maximum absolute atomic E-state index is 9.25. The van der Waals surface area contributed by atoms with Crippen LogP contribution in [0.25, 0.3) is 5.69 Å². The number of hydrogen-bond donors (Lipinski definition) is 1. The number of nitrogens with zero attached hydrogens (tertiary/aromatic N) is 2. The molecule has 1 aromatic carbocycles. The van der Waals surface area contributed by atoms with Gasteiger partial charge in [-0.25, -0.2) is 4.68 Å². The van der Waals surface area contributed by atoms with Crippen LogP contribution in [0.3, 0.4) is 0 Å². The first-order chi connectivity index (χ1) is 7.48. The molecular weight excluding hydrogens is 200 g/mol. The Bertz CT molecular complexity index is 477. The van der Waals surface area contributed by atoms with Gasteiger partial charge in [-0.15, -0.1) is 0 Å². The van der Waals surface area contributed by atoms with Crippen molar-refractivity contribution >= 4 is 0 Å². The molecule has 0 unspecified atom stereocenters. The molecule has 1 aromatic heterocycles. The molecule has 2 aromatic rings. The van der Waals surface area contributed by atoms with Crippen LogP contribution >= 0.6 is 0 Å². The lowest BCUT2D eigenvalue weighted by molar-refractivity contribution is 0.475. The summed E-state index contributed by atoms with van der Waals surface area (Å²) in [5.41, 5.74) is 2.17. The summed E-state index contributed by atoms with van der Waals surface area (Å²) in [6.07, 6.45) is 1.80. The second-order valence-corrected chi connectivity index (χ2v) is 4.89. The fourth-order valence-corrected chi connectivity index (χ4v) is 1.67. The summed E-state index contributed by atoms with van der Waals surface area (Å²) in [4.78, 5) is 0. The van der Waals surface area contributed by atoms with Gasteiger partial charge in [-0.3, -0.25) is 0 Å². The van der Waals surface area contributed by atoms with Gasteiger partial charge in [0.05, 0.1) is 5.69 Å². The zero-order valence-electron chi connectivity index (χ0n) is 9.81. The Labute approximate surface area is 95.3 Å². The summed E-state index contributed by atoms with van der Waals surface area (Å²) in [6.45, 7) is 6.46. The third-order valence-corrected chi connectivity index (χ3v) is 2.51. The van der Waals surface area contributed by atoms with Gasteiger partial charge in [0, 0.05) is 17.3 Å². The monoisotopic (exact) mass is 216 g/mol. The Hall–Kier alpha value is -1.77. The van der Waals surface area contributed by atoms with Gasteiger partial charge in [-0.05, 0) is 30.3 Å². The highest BCUT2D eigenvalue weighted by Crippen LogP contribution is 2.24. The molecule has 0 radical (unpaired) electrons. The predicted molar refractivity (Wildman–Crippen MR) is 63.9 cm³/mol. The van der Waals surface area contributed by atoms with Crippen LogP contribution in [0.1, 0.15) is 26.5 Å². The third-order valence-electron chi connectivity index (χ3n) is 2.51. The second-order valence-electron chi connectivity index (χ2n) is 4.89. The van der Waals surface area contributed by atoms with Crippen molar-refractivity contribution in [3.63, 3.8) is 0 Å². The van der Waals surface area contributed by atoms with Crippen molar-refractivity contribution in [2.24, 2.45) is 0 Å². The fraction of sp³-hybridized carbons (Fsp3) is 0.308. The zero-order valence-corrected chi connectivity index (χ0v) is 9.81. The quantitative estimate of drug-likeness (QED) is 0.796. The molecule has 0 amide bonds. The van der Waals surface area contributed by atoms with Gasteiger partial charge in [0.15, 0.2) is 0 Å². The van der Waals surface area contributed by atoms with E-state index in [1.54, 1.807) is 18.3 Å². The van der Waals surface area contributed by atoms with Crippen molar-refractivity contribution in [3.8, 4) is 11.4 Å². The van der Waals surface area contributed by atoms with Crippen molar-refractivity contribution in [2.75, 3.05) is 0 Å². The molecule has 1 N–H and O–H groups in total. The smallest absolute Gasteiger partial charge is 0.115 e. The van der Waals surface area contributed by atoms with Crippen molar-refractivity contribution < 1.29 is 5.11 Å². The van der Waals surface area contributed by atoms with Gasteiger partial charge in [-0.2, -0.15) is 5.10 Å². The van der Waals surface area contributed by atoms with E-state index < -0.39 is 0 Å². The van der Waals surface area contributed by atoms with Crippen LogP contribution in [0.2, 0.25) is 0 Å². The average Bonchev–Trinajstić information content (AvgIpc) is 2.66. The summed E-state index contributed by atoms with van der Waals surface area (Å²) in [7, 11) is 0. The van der Waals surface area contributed by atoms with Crippen LogP contribution < -0.4 is 0 Å². The van der Waals surface area contributed by atoms with E-state index in [4.69, 9.17) is 0 Å². The lowest BCUT2D eigenvalue weighted by atomic mass is 9.92. The van der Waals surface area contributed by atoms with E-state index in [2.05, 4.69) is 25.9 Å². The van der Waals surface area contributed by atoms with E-state index >= 15 is 0 Å². The minimum atomic E-state index is 0.0500. The molecule has 3 nitrogen and oxygen atoms in total. The van der Waals surface area contributed by atoms with Crippen LogP contribution in [0.15, 0.2) is 36.5 Å². The standard InChI is InChI=1S/C13H16N2O/c1-13(2,3)12-8-9-14-15(12)10-4-6-11(16)7-5-10/h4-9,16H,1-3H3. The highest BCUT2D eigenvalue weighted by atomic mass is 16.3. The minimum Gasteiger partial charge on any atom is -0.508 e. The molecule has 0 saturated carbocycles. The maximum Gasteiger partial charge on any atom is 0.115 e. The number of benzene rings is 1. The molecule has 0 fully saturated rings. The molecule has 3 heteroatoms. The van der Waals surface area contributed by atoms with E-state index in [0.29, 0.717) is 0 Å². The van der Waals surface area contributed by atoms with Gasteiger partial charge >= 0.3 is 0 Å². The molecule has 0 spiro atoms. The first-order valence-corrected chi connectivity index (χ1v) is 5.32. The first-order valence-electron chi connectivity index (χ1n) is 5.32. The largest absolute Gasteiger partial charge is 0.508 e. The molecule has 84 valence electrons. The van der Waals surface area contributed by atoms with E-state index in [9.17, 15) is 5.11 Å². The topological polar surface area (TPSA) is 38.0 Å². The summed E-state index contributed by atoms with van der Waals surface area (Å²) >= 11 is 0. The summed E-state index contributed by atoms with van der Waals surface area (Å²) in [5.74, 6) is 0.271. The molecule has 0 aliphatic heterocycles. The van der Waals surface area contributed by atoms with Crippen LogP contribution in [0.5, 0.6) is 5.75 Å². The van der Waals surface area contributed by atoms with Gasteiger partial charge in [-0.1, -0.05) is 20.8 Å². The zero-order chi connectivity index (χ0) is 11.8. The fourth-order valence-electron chi connectivity index (χ4n) is 1.67. The number of hydrogen-bond acceptors (Lipinski definition) is 2. The van der Waals surface area contributed by atoms with E-state index in [-0.39, 0.29) is 11.2 Å². The number of phenolic OH excluding ortho intramolecular Hbond substituents is 1. The number of aromatic nitrogens is 2. The number of rotatable bonds is 1. The highest BCUT2D eigenvalue weighted by molar-refractivity contribution is 5.38. The summed E-state index contributed by atoms with van der Waals surface area (Å²) in [5, 5.41) is 13.6. The molecule has 0 saturated heterocycles. The van der Waals surface area contributed by atoms with Gasteiger partial charge in [0.1, 0.15) is 5.75 Å². The van der Waals surface area contributed by atoms with Crippen molar-refractivity contribution in [1.29, 1.82) is 0 Å². The third kappa shape index (κ3) is 1.94. The number of phenols is 1. The Morgan fingerprint density at radius 2 is 1.69 bits per heavy atom.